The maximum absolute atomic E-state index is 11.8. The van der Waals surface area contributed by atoms with Gasteiger partial charge in [-0.1, -0.05) is 18.2 Å². The first-order valence-corrected chi connectivity index (χ1v) is 7.00. The Morgan fingerprint density at radius 1 is 1.33 bits per heavy atom. The van der Waals surface area contributed by atoms with Gasteiger partial charge in [0.15, 0.2) is 0 Å². The van der Waals surface area contributed by atoms with Crippen LogP contribution in [0.25, 0.3) is 0 Å². The number of nitrogen functional groups attached to an aromatic ring is 1. The number of sulfonamides is 1. The predicted octanol–water partition coefficient (Wildman–Crippen LogP) is 0.611. The molecular weight excluding hydrogens is 252 g/mol. The summed E-state index contributed by atoms with van der Waals surface area (Å²) in [7, 11) is -3.41. The van der Waals surface area contributed by atoms with Crippen LogP contribution < -0.4 is 10.5 Å². The Balaban J connectivity index is 2.02. The van der Waals surface area contributed by atoms with Crippen LogP contribution in [0.3, 0.4) is 0 Å². The van der Waals surface area contributed by atoms with Gasteiger partial charge in [-0.3, -0.25) is 0 Å². The minimum absolute atomic E-state index is 0.131. The van der Waals surface area contributed by atoms with E-state index in [1.807, 2.05) is 0 Å². The highest BCUT2D eigenvalue weighted by atomic mass is 32.2. The van der Waals surface area contributed by atoms with Crippen molar-refractivity contribution in [2.24, 2.45) is 0 Å². The normalized spacial score (nSPS) is 11.6. The van der Waals surface area contributed by atoms with E-state index >= 15 is 0 Å². The van der Waals surface area contributed by atoms with E-state index in [4.69, 9.17) is 5.73 Å². The first kappa shape index (κ1) is 12.6. The number of anilines is 1. The lowest BCUT2D eigenvalue weighted by molar-refractivity contribution is 0.580. The summed E-state index contributed by atoms with van der Waals surface area (Å²) in [5.41, 5.74) is 7.49. The molecule has 6 nitrogen and oxygen atoms in total. The van der Waals surface area contributed by atoms with Crippen molar-refractivity contribution >= 4 is 15.7 Å². The van der Waals surface area contributed by atoms with Gasteiger partial charge in [0.2, 0.25) is 10.0 Å². The van der Waals surface area contributed by atoms with Gasteiger partial charge in [-0.15, -0.1) is 0 Å². The summed E-state index contributed by atoms with van der Waals surface area (Å²) < 4.78 is 26.2. The first-order valence-electron chi connectivity index (χ1n) is 5.35. The first-order chi connectivity index (χ1) is 8.57. The molecule has 0 unspecified atom stereocenters. The fourth-order valence-corrected chi connectivity index (χ4v) is 2.64. The SMILES string of the molecule is Nc1ccccc1CS(=O)(=O)NCc1cnc[nH]1. The topological polar surface area (TPSA) is 101 Å². The number of hydrogen-bond donors (Lipinski definition) is 3. The van der Waals surface area contributed by atoms with E-state index in [9.17, 15) is 8.42 Å². The van der Waals surface area contributed by atoms with Crippen LogP contribution in [0, 0.1) is 0 Å². The molecule has 0 bridgehead atoms. The van der Waals surface area contributed by atoms with Crippen molar-refractivity contribution in [2.45, 2.75) is 12.3 Å². The van der Waals surface area contributed by atoms with Crippen molar-refractivity contribution < 1.29 is 8.42 Å². The summed E-state index contributed by atoms with van der Waals surface area (Å²) in [4.78, 5) is 6.63. The summed E-state index contributed by atoms with van der Waals surface area (Å²) in [5.74, 6) is -0.131. The number of benzene rings is 1. The summed E-state index contributed by atoms with van der Waals surface area (Å²) >= 11 is 0. The van der Waals surface area contributed by atoms with E-state index in [-0.39, 0.29) is 12.3 Å². The van der Waals surface area contributed by atoms with Crippen LogP contribution in [-0.4, -0.2) is 18.4 Å². The Morgan fingerprint density at radius 2 is 2.11 bits per heavy atom. The van der Waals surface area contributed by atoms with Crippen molar-refractivity contribution in [3.8, 4) is 0 Å². The molecule has 0 saturated carbocycles. The highest BCUT2D eigenvalue weighted by molar-refractivity contribution is 7.88. The molecule has 1 aromatic heterocycles. The molecule has 2 rings (SSSR count). The monoisotopic (exact) mass is 266 g/mol. The van der Waals surface area contributed by atoms with E-state index in [1.165, 1.54) is 6.33 Å². The Hall–Kier alpha value is -1.86. The Labute approximate surface area is 105 Å². The molecule has 0 fully saturated rings. The van der Waals surface area contributed by atoms with Gasteiger partial charge in [0, 0.05) is 17.6 Å². The van der Waals surface area contributed by atoms with Crippen molar-refractivity contribution in [1.82, 2.24) is 14.7 Å². The fourth-order valence-electron chi connectivity index (χ4n) is 1.49. The maximum atomic E-state index is 11.8. The number of nitrogens with zero attached hydrogens (tertiary/aromatic N) is 1. The van der Waals surface area contributed by atoms with Crippen LogP contribution >= 0.6 is 0 Å². The van der Waals surface area contributed by atoms with Gasteiger partial charge < -0.3 is 10.7 Å². The van der Waals surface area contributed by atoms with Crippen molar-refractivity contribution in [3.05, 3.63) is 48.0 Å². The zero-order valence-electron chi connectivity index (χ0n) is 9.63. The molecule has 96 valence electrons. The molecule has 18 heavy (non-hydrogen) atoms. The summed E-state index contributed by atoms with van der Waals surface area (Å²) in [5, 5.41) is 0. The molecule has 1 heterocycles. The van der Waals surface area contributed by atoms with Crippen LogP contribution in [0.4, 0.5) is 5.69 Å². The highest BCUT2D eigenvalue weighted by Gasteiger charge is 2.13. The van der Waals surface area contributed by atoms with Gasteiger partial charge in [0.25, 0.3) is 0 Å². The molecule has 0 saturated heterocycles. The minimum Gasteiger partial charge on any atom is -0.398 e. The number of aromatic nitrogens is 2. The number of hydrogen-bond acceptors (Lipinski definition) is 4. The number of aromatic amines is 1. The smallest absolute Gasteiger partial charge is 0.216 e. The molecule has 0 aliphatic rings. The fraction of sp³-hybridized carbons (Fsp3) is 0.182. The van der Waals surface area contributed by atoms with Crippen LogP contribution in [0.1, 0.15) is 11.3 Å². The Morgan fingerprint density at radius 3 is 2.78 bits per heavy atom. The maximum Gasteiger partial charge on any atom is 0.216 e. The van der Waals surface area contributed by atoms with Gasteiger partial charge in [-0.25, -0.2) is 18.1 Å². The lowest BCUT2D eigenvalue weighted by Gasteiger charge is -2.07. The number of rotatable bonds is 5. The largest absolute Gasteiger partial charge is 0.398 e. The second-order valence-corrected chi connectivity index (χ2v) is 5.66. The molecule has 0 radical (unpaired) electrons. The Bertz CT molecular complexity index is 608. The number of nitrogens with one attached hydrogen (secondary N) is 2. The number of nitrogens with two attached hydrogens (primary N) is 1. The quantitative estimate of drug-likeness (QED) is 0.690. The van der Waals surface area contributed by atoms with Gasteiger partial charge in [0.1, 0.15) is 0 Å². The Kier molecular flexibility index (Phi) is 3.63. The average molecular weight is 266 g/mol. The summed E-state index contributed by atoms with van der Waals surface area (Å²) in [6.07, 6.45) is 3.07. The molecule has 0 spiro atoms. The zero-order valence-corrected chi connectivity index (χ0v) is 10.4. The van der Waals surface area contributed by atoms with Gasteiger partial charge in [0.05, 0.1) is 18.6 Å². The second kappa shape index (κ2) is 5.19. The average Bonchev–Trinajstić information content (AvgIpc) is 2.83. The lowest BCUT2D eigenvalue weighted by atomic mass is 10.2. The van der Waals surface area contributed by atoms with Crippen molar-refractivity contribution in [3.63, 3.8) is 0 Å². The third kappa shape index (κ3) is 3.31. The molecule has 0 atom stereocenters. The van der Waals surface area contributed by atoms with Crippen LogP contribution in [0.2, 0.25) is 0 Å². The molecule has 2 aromatic rings. The van der Waals surface area contributed by atoms with Gasteiger partial charge in [-0.05, 0) is 11.6 Å². The minimum atomic E-state index is -3.41. The predicted molar refractivity (Wildman–Crippen MR) is 68.9 cm³/mol. The molecule has 7 heteroatoms. The number of H-pyrrole nitrogens is 1. The third-order valence-electron chi connectivity index (χ3n) is 2.44. The van der Waals surface area contributed by atoms with E-state index in [2.05, 4.69) is 14.7 Å². The molecule has 0 amide bonds. The molecular formula is C11H14N4O2S. The van der Waals surface area contributed by atoms with Crippen LogP contribution in [0.15, 0.2) is 36.8 Å². The van der Waals surface area contributed by atoms with Crippen LogP contribution in [-0.2, 0) is 22.3 Å². The van der Waals surface area contributed by atoms with Crippen molar-refractivity contribution in [1.29, 1.82) is 0 Å². The molecule has 0 aliphatic carbocycles. The standard InChI is InChI=1S/C11H14N4O2S/c12-11-4-2-1-3-9(11)7-18(16,17)15-6-10-5-13-8-14-10/h1-5,8,15H,6-7,12H2,(H,13,14). The van der Waals surface area contributed by atoms with Crippen molar-refractivity contribution in [2.75, 3.05) is 5.73 Å². The molecule has 1 aromatic carbocycles. The van der Waals surface area contributed by atoms with Gasteiger partial charge >= 0.3 is 0 Å². The van der Waals surface area contributed by atoms with E-state index < -0.39 is 10.0 Å². The highest BCUT2D eigenvalue weighted by Crippen LogP contribution is 2.13. The molecule has 4 N–H and O–H groups in total. The lowest BCUT2D eigenvalue weighted by Crippen LogP contribution is -2.25. The zero-order chi connectivity index (χ0) is 13.0. The summed E-state index contributed by atoms with van der Waals surface area (Å²) in [6, 6.07) is 6.91. The number of para-hydroxylation sites is 1. The van der Waals surface area contributed by atoms with E-state index in [0.29, 0.717) is 16.9 Å². The van der Waals surface area contributed by atoms with Gasteiger partial charge in [-0.2, -0.15) is 0 Å². The number of imidazole rings is 1. The molecule has 0 aliphatic heterocycles. The third-order valence-corrected chi connectivity index (χ3v) is 3.71. The van der Waals surface area contributed by atoms with Crippen LogP contribution in [0.5, 0.6) is 0 Å². The second-order valence-electron chi connectivity index (χ2n) is 3.86. The van der Waals surface area contributed by atoms with E-state index in [1.54, 1.807) is 30.5 Å². The summed E-state index contributed by atoms with van der Waals surface area (Å²) in [6.45, 7) is 0.190. The van der Waals surface area contributed by atoms with E-state index in [0.717, 1.165) is 0 Å².